The number of likely N-dealkylation sites (N-methyl/N-ethyl adjacent to an activating group) is 1. The number of halogens is 1. The fraction of sp³-hybridized carbons (Fsp3) is 0.600. The lowest BCUT2D eigenvalue weighted by atomic mass is 9.85. The van der Waals surface area contributed by atoms with Crippen LogP contribution in [0.2, 0.25) is 0 Å². The van der Waals surface area contributed by atoms with Crippen LogP contribution in [-0.2, 0) is 11.3 Å². The van der Waals surface area contributed by atoms with Gasteiger partial charge in [0, 0.05) is 25.8 Å². The van der Waals surface area contributed by atoms with E-state index in [0.717, 1.165) is 0 Å². The summed E-state index contributed by atoms with van der Waals surface area (Å²) in [7, 11) is 3.64. The highest BCUT2D eigenvalue weighted by Crippen LogP contribution is 2.25. The van der Waals surface area contributed by atoms with Gasteiger partial charge in [-0.1, -0.05) is 32.0 Å². The van der Waals surface area contributed by atoms with Crippen LogP contribution < -0.4 is 5.73 Å². The molecule has 0 spiro atoms. The molecule has 0 heterocycles. The van der Waals surface area contributed by atoms with Crippen LogP contribution in [0.5, 0.6) is 0 Å². The molecule has 0 amide bonds. The Morgan fingerprint density at radius 3 is 2.47 bits per heavy atom. The summed E-state index contributed by atoms with van der Waals surface area (Å²) < 4.78 is 19.1. The van der Waals surface area contributed by atoms with Gasteiger partial charge in [0.25, 0.3) is 0 Å². The third-order valence-electron chi connectivity index (χ3n) is 3.95. The first-order valence-electron chi connectivity index (χ1n) is 6.61. The predicted octanol–water partition coefficient (Wildman–Crippen LogP) is 2.26. The summed E-state index contributed by atoms with van der Waals surface area (Å²) in [4.78, 5) is 2.10. The van der Waals surface area contributed by atoms with Gasteiger partial charge in [0.1, 0.15) is 5.82 Å². The van der Waals surface area contributed by atoms with E-state index in [2.05, 4.69) is 18.7 Å². The lowest BCUT2D eigenvalue weighted by molar-refractivity contribution is -0.00602. The Morgan fingerprint density at radius 1 is 1.37 bits per heavy atom. The Morgan fingerprint density at radius 2 is 2.00 bits per heavy atom. The summed E-state index contributed by atoms with van der Waals surface area (Å²) >= 11 is 0. The number of ether oxygens (including phenoxy) is 1. The van der Waals surface area contributed by atoms with Gasteiger partial charge in [0.05, 0.1) is 12.1 Å². The molecule has 0 fully saturated rings. The van der Waals surface area contributed by atoms with E-state index in [1.54, 1.807) is 19.2 Å². The van der Waals surface area contributed by atoms with Crippen molar-refractivity contribution in [1.82, 2.24) is 4.90 Å². The minimum absolute atomic E-state index is 0.179. The Labute approximate surface area is 115 Å². The number of methoxy groups -OCH3 is 1. The second-order valence-electron chi connectivity index (χ2n) is 5.34. The van der Waals surface area contributed by atoms with E-state index in [4.69, 9.17) is 10.5 Å². The van der Waals surface area contributed by atoms with Crippen LogP contribution in [0.25, 0.3) is 0 Å². The average molecular weight is 268 g/mol. The lowest BCUT2D eigenvalue weighted by Crippen LogP contribution is -2.58. The Bertz CT molecular complexity index is 397. The topological polar surface area (TPSA) is 38.5 Å². The molecule has 2 N–H and O–H groups in total. The predicted molar refractivity (Wildman–Crippen MR) is 76.4 cm³/mol. The third kappa shape index (κ3) is 3.53. The van der Waals surface area contributed by atoms with Gasteiger partial charge in [-0.3, -0.25) is 4.90 Å². The van der Waals surface area contributed by atoms with E-state index in [0.29, 0.717) is 31.2 Å². The molecular formula is C15H25FN2O. The Balaban J connectivity index is 2.94. The number of hydrogen-bond acceptors (Lipinski definition) is 3. The second kappa shape index (κ2) is 6.98. The largest absolute Gasteiger partial charge is 0.383 e. The zero-order valence-electron chi connectivity index (χ0n) is 12.3. The van der Waals surface area contributed by atoms with Crippen molar-refractivity contribution in [2.24, 2.45) is 11.7 Å². The first-order valence-corrected chi connectivity index (χ1v) is 6.61. The summed E-state index contributed by atoms with van der Waals surface area (Å²) in [5.74, 6) is 0.135. The normalized spacial score (nSPS) is 14.9. The van der Waals surface area contributed by atoms with Crippen LogP contribution in [-0.4, -0.2) is 37.7 Å². The van der Waals surface area contributed by atoms with Gasteiger partial charge in [-0.15, -0.1) is 0 Å². The van der Waals surface area contributed by atoms with Crippen LogP contribution in [0.4, 0.5) is 4.39 Å². The molecule has 19 heavy (non-hydrogen) atoms. The van der Waals surface area contributed by atoms with Crippen LogP contribution in [0.15, 0.2) is 24.3 Å². The molecule has 0 aliphatic carbocycles. The van der Waals surface area contributed by atoms with Gasteiger partial charge < -0.3 is 10.5 Å². The first-order chi connectivity index (χ1) is 8.97. The standard InChI is InChI=1S/C15H25FN2O/c1-12(2)15(10-17,11-19-4)18(3)9-13-7-5-6-8-14(13)16/h5-8,12H,9-11,17H2,1-4H3. The first kappa shape index (κ1) is 16.1. The number of rotatable bonds is 7. The molecule has 3 nitrogen and oxygen atoms in total. The van der Waals surface area contributed by atoms with Gasteiger partial charge >= 0.3 is 0 Å². The minimum Gasteiger partial charge on any atom is -0.383 e. The molecule has 1 rings (SSSR count). The number of nitrogens with two attached hydrogens (primary N) is 1. The van der Waals surface area contributed by atoms with Gasteiger partial charge in [-0.05, 0) is 19.0 Å². The van der Waals surface area contributed by atoms with Crippen molar-refractivity contribution in [3.63, 3.8) is 0 Å². The molecular weight excluding hydrogens is 243 g/mol. The fourth-order valence-corrected chi connectivity index (χ4v) is 2.46. The molecule has 0 bridgehead atoms. The van der Waals surface area contributed by atoms with E-state index in [1.807, 2.05) is 13.1 Å². The lowest BCUT2D eigenvalue weighted by Gasteiger charge is -2.44. The molecule has 108 valence electrons. The molecule has 1 aromatic carbocycles. The van der Waals surface area contributed by atoms with Crippen LogP contribution in [0.3, 0.4) is 0 Å². The van der Waals surface area contributed by atoms with E-state index >= 15 is 0 Å². The molecule has 0 radical (unpaired) electrons. The van der Waals surface area contributed by atoms with Crippen molar-refractivity contribution in [1.29, 1.82) is 0 Å². The highest BCUT2D eigenvalue weighted by molar-refractivity contribution is 5.17. The van der Waals surface area contributed by atoms with Crippen molar-refractivity contribution in [2.45, 2.75) is 25.9 Å². The number of benzene rings is 1. The molecule has 1 aromatic rings. The van der Waals surface area contributed by atoms with Crippen molar-refractivity contribution >= 4 is 0 Å². The van der Waals surface area contributed by atoms with E-state index < -0.39 is 0 Å². The summed E-state index contributed by atoms with van der Waals surface area (Å²) in [5, 5.41) is 0. The van der Waals surface area contributed by atoms with Crippen molar-refractivity contribution in [3.05, 3.63) is 35.6 Å². The van der Waals surface area contributed by atoms with Crippen molar-refractivity contribution in [3.8, 4) is 0 Å². The van der Waals surface area contributed by atoms with Gasteiger partial charge in [-0.25, -0.2) is 4.39 Å². The monoisotopic (exact) mass is 268 g/mol. The summed E-state index contributed by atoms with van der Waals surface area (Å²) in [6.45, 7) is 5.76. The Hall–Kier alpha value is -0.970. The van der Waals surface area contributed by atoms with Crippen molar-refractivity contribution in [2.75, 3.05) is 27.3 Å². The molecule has 0 saturated heterocycles. The zero-order valence-corrected chi connectivity index (χ0v) is 12.3. The van der Waals surface area contributed by atoms with Crippen molar-refractivity contribution < 1.29 is 9.13 Å². The fourth-order valence-electron chi connectivity index (χ4n) is 2.46. The molecule has 1 unspecified atom stereocenters. The van der Waals surface area contributed by atoms with Gasteiger partial charge in [0.2, 0.25) is 0 Å². The highest BCUT2D eigenvalue weighted by Gasteiger charge is 2.36. The maximum absolute atomic E-state index is 13.7. The summed E-state index contributed by atoms with van der Waals surface area (Å²) in [6, 6.07) is 6.84. The van der Waals surface area contributed by atoms with E-state index in [1.165, 1.54) is 6.07 Å². The average Bonchev–Trinajstić information content (AvgIpc) is 2.38. The van der Waals surface area contributed by atoms with E-state index in [9.17, 15) is 4.39 Å². The molecule has 0 saturated carbocycles. The van der Waals surface area contributed by atoms with Gasteiger partial charge in [0.15, 0.2) is 0 Å². The summed E-state index contributed by atoms with van der Waals surface area (Å²) in [6.07, 6.45) is 0. The molecule has 0 aliphatic heterocycles. The SMILES string of the molecule is COCC(CN)(C(C)C)N(C)Cc1ccccc1F. The third-order valence-corrected chi connectivity index (χ3v) is 3.95. The maximum Gasteiger partial charge on any atom is 0.127 e. The molecule has 0 aromatic heterocycles. The van der Waals surface area contributed by atoms with Gasteiger partial charge in [-0.2, -0.15) is 0 Å². The van der Waals surface area contributed by atoms with Crippen LogP contribution in [0.1, 0.15) is 19.4 Å². The second-order valence-corrected chi connectivity index (χ2v) is 5.34. The minimum atomic E-state index is -0.281. The molecule has 1 atom stereocenters. The Kier molecular flexibility index (Phi) is 5.91. The quantitative estimate of drug-likeness (QED) is 0.824. The highest BCUT2D eigenvalue weighted by atomic mass is 19.1. The molecule has 0 aliphatic rings. The summed E-state index contributed by atoms with van der Waals surface area (Å²) in [5.41, 5.74) is 6.37. The number of nitrogens with zero attached hydrogens (tertiary/aromatic N) is 1. The maximum atomic E-state index is 13.7. The zero-order chi connectivity index (χ0) is 14.5. The van der Waals surface area contributed by atoms with Crippen LogP contribution in [0, 0.1) is 11.7 Å². The van der Waals surface area contributed by atoms with E-state index in [-0.39, 0.29) is 11.4 Å². The smallest absolute Gasteiger partial charge is 0.127 e. The van der Waals surface area contributed by atoms with Crippen LogP contribution >= 0.6 is 0 Å². The number of hydrogen-bond donors (Lipinski definition) is 1. The molecule has 4 heteroatoms.